The molecule has 9 heterocycles. The van der Waals surface area contributed by atoms with E-state index >= 15 is 0 Å². The van der Waals surface area contributed by atoms with E-state index in [1.807, 2.05) is 0 Å². The molecule has 8 aromatic rings. The van der Waals surface area contributed by atoms with E-state index in [9.17, 15) is 32.3 Å². The van der Waals surface area contributed by atoms with Gasteiger partial charge in [-0.15, -0.1) is 0 Å². The average Bonchev–Trinajstić information content (AvgIpc) is 3.96. The number of rotatable bonds is 6. The number of alkyl halides is 2. The highest BCUT2D eigenvalue weighted by Crippen LogP contribution is 2.36. The van der Waals surface area contributed by atoms with Crippen LogP contribution in [0.5, 0.6) is 5.88 Å². The number of aromatic nitrogens is 12. The van der Waals surface area contributed by atoms with E-state index in [1.165, 1.54) is 69.3 Å². The normalized spacial score (nSPS) is 15.0. The number of hydrogen-bond donors (Lipinski definition) is 4. The molecule has 18 nitrogen and oxygen atoms in total. The Bertz CT molecular complexity index is 2890. The highest BCUT2D eigenvalue weighted by Gasteiger charge is 2.51. The lowest BCUT2D eigenvalue weighted by Crippen LogP contribution is -2.36. The molecule has 1 fully saturated rings. The van der Waals surface area contributed by atoms with Crippen LogP contribution in [0.2, 0.25) is 0 Å². The Labute approximate surface area is 297 Å². The fourth-order valence-corrected chi connectivity index (χ4v) is 5.83. The molecule has 4 N–H and O–H groups in total. The molecule has 21 heteroatoms. The lowest BCUT2D eigenvalue weighted by Gasteiger charge is -2.19. The van der Waals surface area contributed by atoms with Crippen molar-refractivity contribution in [2.24, 2.45) is 0 Å². The van der Waals surface area contributed by atoms with Crippen molar-refractivity contribution >= 4 is 17.0 Å². The van der Waals surface area contributed by atoms with E-state index in [-0.39, 0.29) is 29.2 Å². The molecule has 272 valence electrons. The minimum absolute atomic E-state index is 0.0868. The molecule has 0 unspecified atom stereocenters. The summed E-state index contributed by atoms with van der Waals surface area (Å²) in [7, 11) is 0. The number of hydrogen-bond acceptors (Lipinski definition) is 11. The molecule has 9 rings (SSSR count). The third-order valence-corrected chi connectivity index (χ3v) is 8.31. The van der Waals surface area contributed by atoms with Crippen LogP contribution < -0.4 is 32.1 Å². The van der Waals surface area contributed by atoms with Gasteiger partial charge in [0.2, 0.25) is 5.88 Å². The molecule has 1 aliphatic rings. The molecule has 0 radical (unpaired) electrons. The fraction of sp³-hybridized carbons (Fsp3) is 0.121. The van der Waals surface area contributed by atoms with Crippen LogP contribution in [0.25, 0.3) is 39.5 Å². The first kappa shape index (κ1) is 33.6. The zero-order chi connectivity index (χ0) is 37.6. The summed E-state index contributed by atoms with van der Waals surface area (Å²) >= 11 is 0. The number of aromatic amines is 4. The predicted molar refractivity (Wildman–Crippen MR) is 184 cm³/mol. The second-order valence-electron chi connectivity index (χ2n) is 11.8. The molecule has 0 amide bonds. The summed E-state index contributed by atoms with van der Waals surface area (Å²) in [4.78, 5) is 69.5. The first-order valence-corrected chi connectivity index (χ1v) is 15.9. The second kappa shape index (κ2) is 13.2. The monoisotopic (exact) mass is 739 g/mol. The Hall–Kier alpha value is -7.58. The molecule has 1 atom stereocenters. The van der Waals surface area contributed by atoms with Gasteiger partial charge in [0.1, 0.15) is 17.2 Å². The van der Waals surface area contributed by atoms with Crippen molar-refractivity contribution in [3.05, 3.63) is 140 Å². The van der Waals surface area contributed by atoms with Gasteiger partial charge < -0.3 is 24.2 Å². The van der Waals surface area contributed by atoms with E-state index in [0.29, 0.717) is 28.4 Å². The van der Waals surface area contributed by atoms with E-state index in [2.05, 4.69) is 45.1 Å². The number of ether oxygens (including phenoxy) is 1. The maximum Gasteiger partial charge on any atom is 0.325 e. The SMILES string of the molecule is O=c1[nH]cc(-c2cc(-n3ccc(F)c3)c3nccn3n2)c(=O)[nH]1.O=c1[nH]cc(-c2cc(N3C[C@@H](Oc4ccccn4)C(F)(F)C3)c3nccn3n2)c(=O)[nH]1. The molecule has 0 aromatic carbocycles. The smallest absolute Gasteiger partial charge is 0.325 e. The second-order valence-corrected chi connectivity index (χ2v) is 11.8. The van der Waals surface area contributed by atoms with Crippen LogP contribution in [0.1, 0.15) is 0 Å². The lowest BCUT2D eigenvalue weighted by atomic mass is 10.2. The first-order valence-electron chi connectivity index (χ1n) is 15.9. The van der Waals surface area contributed by atoms with Gasteiger partial charge in [-0.25, -0.2) is 46.7 Å². The predicted octanol–water partition coefficient (Wildman–Crippen LogP) is 1.77. The summed E-state index contributed by atoms with van der Waals surface area (Å²) in [5.74, 6) is -3.44. The number of nitrogens with one attached hydrogen (secondary N) is 4. The minimum Gasteiger partial charge on any atom is -0.466 e. The number of H-pyrrole nitrogens is 4. The van der Waals surface area contributed by atoms with E-state index < -0.39 is 46.9 Å². The summed E-state index contributed by atoms with van der Waals surface area (Å²) in [6.07, 6.45) is 11.6. The molecule has 0 aliphatic carbocycles. The quantitative estimate of drug-likeness (QED) is 0.192. The van der Waals surface area contributed by atoms with Crippen molar-refractivity contribution in [1.29, 1.82) is 0 Å². The Morgan fingerprint density at radius 3 is 1.93 bits per heavy atom. The molecular weight excluding hydrogens is 715 g/mol. The summed E-state index contributed by atoms with van der Waals surface area (Å²) in [6, 6.07) is 9.23. The number of imidazole rings is 2. The number of pyridine rings is 1. The lowest BCUT2D eigenvalue weighted by molar-refractivity contribution is -0.0608. The third-order valence-electron chi connectivity index (χ3n) is 8.31. The van der Waals surface area contributed by atoms with Crippen LogP contribution in [-0.4, -0.2) is 83.8 Å². The maximum atomic E-state index is 14.8. The molecule has 0 spiro atoms. The standard InChI is InChI=1S/C19H15F2N7O3.C14H9FN6O2/c20-19(21)10-27(9-14(19)31-15-3-1-2-4-22-15)13-7-12(26-28-6-5-23-16(13)28)11-8-24-18(30)25-17(11)29;15-8-1-3-20(7-8)11-5-10(19-21-4-2-16-12(11)21)9-6-17-14(23)18-13(9)22/h1-8,14H,9-10H2,(H2,24,25,29,30);1-7H,(H2,17,18,22,23)/t14-;/m1./s1. The van der Waals surface area contributed by atoms with Gasteiger partial charge in [-0.1, -0.05) is 6.07 Å². The molecule has 54 heavy (non-hydrogen) atoms. The Balaban J connectivity index is 0.000000160. The zero-order valence-corrected chi connectivity index (χ0v) is 27.4. The molecular formula is C33H24F3N13O5. The van der Waals surface area contributed by atoms with Gasteiger partial charge in [-0.2, -0.15) is 10.2 Å². The highest BCUT2D eigenvalue weighted by atomic mass is 19.3. The van der Waals surface area contributed by atoms with Gasteiger partial charge in [-0.05, 0) is 24.3 Å². The van der Waals surface area contributed by atoms with Gasteiger partial charge in [0.05, 0.1) is 35.6 Å². The van der Waals surface area contributed by atoms with Gasteiger partial charge >= 0.3 is 17.3 Å². The van der Waals surface area contributed by atoms with Gasteiger partial charge in [-0.3, -0.25) is 19.6 Å². The molecule has 0 bridgehead atoms. The van der Waals surface area contributed by atoms with Crippen molar-refractivity contribution < 1.29 is 17.9 Å². The van der Waals surface area contributed by atoms with Gasteiger partial charge in [0, 0.05) is 61.8 Å². The Kier molecular flexibility index (Phi) is 8.20. The molecule has 8 aromatic heterocycles. The van der Waals surface area contributed by atoms with Crippen LogP contribution in [-0.2, 0) is 0 Å². The van der Waals surface area contributed by atoms with Crippen LogP contribution in [0.3, 0.4) is 0 Å². The number of halogens is 3. The van der Waals surface area contributed by atoms with E-state index in [1.54, 1.807) is 41.4 Å². The Morgan fingerprint density at radius 1 is 0.759 bits per heavy atom. The van der Waals surface area contributed by atoms with Crippen molar-refractivity contribution in [3.63, 3.8) is 0 Å². The topological polar surface area (TPSA) is 222 Å². The third kappa shape index (κ3) is 6.40. The van der Waals surface area contributed by atoms with Crippen LogP contribution in [0, 0.1) is 5.82 Å². The zero-order valence-electron chi connectivity index (χ0n) is 27.4. The highest BCUT2D eigenvalue weighted by molar-refractivity contribution is 5.75. The van der Waals surface area contributed by atoms with Crippen molar-refractivity contribution in [2.45, 2.75) is 12.0 Å². The van der Waals surface area contributed by atoms with Crippen molar-refractivity contribution in [1.82, 2.24) is 58.7 Å². The maximum absolute atomic E-state index is 14.8. The van der Waals surface area contributed by atoms with Crippen molar-refractivity contribution in [3.8, 4) is 34.1 Å². The van der Waals surface area contributed by atoms with Crippen LogP contribution in [0.4, 0.5) is 18.9 Å². The number of anilines is 1. The summed E-state index contributed by atoms with van der Waals surface area (Å²) < 4.78 is 52.7. The van der Waals surface area contributed by atoms with Crippen LogP contribution in [0.15, 0.2) is 111 Å². The molecule has 1 saturated heterocycles. The number of nitrogens with zero attached hydrogens (tertiary/aromatic N) is 9. The fourth-order valence-electron chi connectivity index (χ4n) is 5.83. The summed E-state index contributed by atoms with van der Waals surface area (Å²) in [5.41, 5.74) is 0.0629. The largest absolute Gasteiger partial charge is 0.466 e. The van der Waals surface area contributed by atoms with E-state index in [4.69, 9.17) is 4.74 Å². The molecule has 1 aliphatic heterocycles. The van der Waals surface area contributed by atoms with Crippen molar-refractivity contribution in [2.75, 3.05) is 18.0 Å². The van der Waals surface area contributed by atoms with Gasteiger partial charge in [0.15, 0.2) is 17.4 Å². The Morgan fingerprint density at radius 2 is 1.37 bits per heavy atom. The summed E-state index contributed by atoms with van der Waals surface area (Å²) in [6.45, 7) is -0.740. The summed E-state index contributed by atoms with van der Waals surface area (Å²) in [5, 5.41) is 8.60. The minimum atomic E-state index is -3.15. The first-order chi connectivity index (χ1) is 26.0. The molecule has 0 saturated carbocycles. The van der Waals surface area contributed by atoms with Crippen LogP contribution >= 0.6 is 0 Å². The number of fused-ring (bicyclic) bond motifs is 2. The average molecular weight is 740 g/mol. The van der Waals surface area contributed by atoms with E-state index in [0.717, 1.165) is 0 Å². The van der Waals surface area contributed by atoms with Gasteiger partial charge in [0.25, 0.3) is 11.1 Å².